The molecule has 1 atom stereocenters. The average Bonchev–Trinajstić information content (AvgIpc) is 3.26. The van der Waals surface area contributed by atoms with Crippen molar-refractivity contribution in [3.05, 3.63) is 76.7 Å². The number of hydrogen-bond acceptors (Lipinski definition) is 6. The maximum atomic E-state index is 11.6. The van der Waals surface area contributed by atoms with E-state index in [2.05, 4.69) is 35.4 Å². The molecule has 174 valence electrons. The van der Waals surface area contributed by atoms with E-state index in [1.807, 2.05) is 18.3 Å². The number of carbonyl (C=O) groups is 1. The summed E-state index contributed by atoms with van der Waals surface area (Å²) in [6.45, 7) is 3.03. The fraction of sp³-hybridized carbons (Fsp3) is 0.308. The molecule has 1 aliphatic rings. The van der Waals surface area contributed by atoms with E-state index in [4.69, 9.17) is 14.8 Å². The smallest absolute Gasteiger partial charge is 0.305 e. The lowest BCUT2D eigenvalue weighted by atomic mass is 9.98. The number of rotatable bonds is 7. The van der Waals surface area contributed by atoms with Crippen LogP contribution in [-0.4, -0.2) is 44.5 Å². The van der Waals surface area contributed by atoms with Crippen LogP contribution in [0.2, 0.25) is 0 Å². The second-order valence-electron chi connectivity index (χ2n) is 8.70. The number of nitrogens with zero attached hydrogens (tertiary/aromatic N) is 4. The molecule has 0 radical (unpaired) electrons. The Balaban J connectivity index is 1.45. The standard InChI is InChI=1S/C26H27N5O3/c1-16-21(12-18-4-3-9-27-26(18)29-16)10-17-5-6-20-15-31(30-22(20)11-17)23(13-25(32)33)19-7-8-24(34-2)28-14-19/h5-8,11-12,14-15,23H,3-4,9-10,13H2,1-2H3,(H,27,29)(H,32,33). The van der Waals surface area contributed by atoms with Gasteiger partial charge in [0.25, 0.3) is 0 Å². The van der Waals surface area contributed by atoms with E-state index in [0.717, 1.165) is 59.3 Å². The normalized spacial score (nSPS) is 13.8. The van der Waals surface area contributed by atoms with Crippen molar-refractivity contribution in [3.63, 3.8) is 0 Å². The molecule has 4 heterocycles. The van der Waals surface area contributed by atoms with Crippen LogP contribution in [0.3, 0.4) is 0 Å². The number of ether oxygens (including phenoxy) is 1. The fourth-order valence-corrected chi connectivity index (χ4v) is 4.51. The summed E-state index contributed by atoms with van der Waals surface area (Å²) in [7, 11) is 1.55. The second-order valence-corrected chi connectivity index (χ2v) is 8.70. The molecule has 0 spiro atoms. The summed E-state index contributed by atoms with van der Waals surface area (Å²) in [6, 6.07) is 11.6. The Hall–Kier alpha value is -3.94. The largest absolute Gasteiger partial charge is 0.481 e. The predicted molar refractivity (Wildman–Crippen MR) is 130 cm³/mol. The molecule has 0 bridgehead atoms. The van der Waals surface area contributed by atoms with Crippen LogP contribution in [-0.2, 0) is 17.6 Å². The number of hydrogen-bond donors (Lipinski definition) is 2. The Bertz CT molecular complexity index is 1350. The first-order valence-corrected chi connectivity index (χ1v) is 11.4. The van der Waals surface area contributed by atoms with Crippen LogP contribution in [0, 0.1) is 6.92 Å². The highest BCUT2D eigenvalue weighted by atomic mass is 16.5. The van der Waals surface area contributed by atoms with Crippen molar-refractivity contribution in [2.24, 2.45) is 0 Å². The predicted octanol–water partition coefficient (Wildman–Crippen LogP) is 4.16. The number of pyridine rings is 2. The Morgan fingerprint density at radius 3 is 2.91 bits per heavy atom. The van der Waals surface area contributed by atoms with E-state index < -0.39 is 12.0 Å². The third-order valence-electron chi connectivity index (χ3n) is 6.34. The summed E-state index contributed by atoms with van der Waals surface area (Å²) in [5, 5.41) is 18.6. The minimum absolute atomic E-state index is 0.0944. The molecule has 1 unspecified atom stereocenters. The summed E-state index contributed by atoms with van der Waals surface area (Å²) in [4.78, 5) is 20.6. The zero-order chi connectivity index (χ0) is 23.7. The van der Waals surface area contributed by atoms with E-state index in [-0.39, 0.29) is 6.42 Å². The SMILES string of the molecule is COc1ccc(C(CC(=O)O)n2cc3ccc(Cc4cc5c(nc4C)NCCC5)cc3n2)cn1. The van der Waals surface area contributed by atoms with Crippen LogP contribution >= 0.6 is 0 Å². The van der Waals surface area contributed by atoms with Crippen molar-refractivity contribution in [2.75, 3.05) is 19.0 Å². The lowest BCUT2D eigenvalue weighted by Crippen LogP contribution is -2.16. The Labute approximate surface area is 197 Å². The van der Waals surface area contributed by atoms with Gasteiger partial charge in [0.15, 0.2) is 0 Å². The molecule has 8 nitrogen and oxygen atoms in total. The number of methoxy groups -OCH3 is 1. The zero-order valence-electron chi connectivity index (χ0n) is 19.3. The monoisotopic (exact) mass is 457 g/mol. The van der Waals surface area contributed by atoms with Crippen molar-refractivity contribution in [1.82, 2.24) is 19.7 Å². The molecular weight excluding hydrogens is 430 g/mol. The Morgan fingerprint density at radius 2 is 2.15 bits per heavy atom. The first-order valence-electron chi connectivity index (χ1n) is 11.4. The van der Waals surface area contributed by atoms with Crippen molar-refractivity contribution >= 4 is 22.7 Å². The Kier molecular flexibility index (Phi) is 5.88. The lowest BCUT2D eigenvalue weighted by molar-refractivity contribution is -0.137. The van der Waals surface area contributed by atoms with Gasteiger partial charge in [-0.2, -0.15) is 5.10 Å². The molecule has 5 rings (SSSR count). The Morgan fingerprint density at radius 1 is 1.26 bits per heavy atom. The van der Waals surface area contributed by atoms with E-state index in [9.17, 15) is 9.90 Å². The summed E-state index contributed by atoms with van der Waals surface area (Å²) in [5.74, 6) is 0.598. The molecule has 3 aromatic heterocycles. The summed E-state index contributed by atoms with van der Waals surface area (Å²) < 4.78 is 6.85. The van der Waals surface area contributed by atoms with Gasteiger partial charge in [0, 0.05) is 36.1 Å². The zero-order valence-corrected chi connectivity index (χ0v) is 19.3. The molecule has 0 fully saturated rings. The molecule has 2 N–H and O–H groups in total. The maximum absolute atomic E-state index is 11.6. The number of benzene rings is 1. The number of carboxylic acids is 1. The van der Waals surface area contributed by atoms with Crippen LogP contribution in [0.5, 0.6) is 5.88 Å². The van der Waals surface area contributed by atoms with Gasteiger partial charge in [-0.15, -0.1) is 0 Å². The van der Waals surface area contributed by atoms with Crippen LogP contribution in [0.4, 0.5) is 5.82 Å². The van der Waals surface area contributed by atoms with Gasteiger partial charge in [0.05, 0.1) is 25.1 Å². The van der Waals surface area contributed by atoms with Gasteiger partial charge in [0.2, 0.25) is 5.88 Å². The highest BCUT2D eigenvalue weighted by molar-refractivity contribution is 5.79. The van der Waals surface area contributed by atoms with Gasteiger partial charge in [-0.3, -0.25) is 9.48 Å². The topological polar surface area (TPSA) is 102 Å². The fourth-order valence-electron chi connectivity index (χ4n) is 4.51. The number of aliphatic carboxylic acids is 1. The van der Waals surface area contributed by atoms with Gasteiger partial charge >= 0.3 is 5.97 Å². The van der Waals surface area contributed by atoms with E-state index in [1.165, 1.54) is 11.1 Å². The summed E-state index contributed by atoms with van der Waals surface area (Å²) in [6.07, 6.45) is 6.40. The van der Waals surface area contributed by atoms with E-state index in [1.54, 1.807) is 24.1 Å². The maximum Gasteiger partial charge on any atom is 0.305 e. The molecule has 0 saturated heterocycles. The molecule has 0 amide bonds. The van der Waals surface area contributed by atoms with E-state index >= 15 is 0 Å². The number of carboxylic acid groups (broad SMARTS) is 1. The van der Waals surface area contributed by atoms with Crippen LogP contribution < -0.4 is 10.1 Å². The lowest BCUT2D eigenvalue weighted by Gasteiger charge is -2.19. The first-order chi connectivity index (χ1) is 16.5. The van der Waals surface area contributed by atoms with Crippen LogP contribution in [0.1, 0.15) is 46.8 Å². The van der Waals surface area contributed by atoms with Crippen molar-refractivity contribution in [1.29, 1.82) is 0 Å². The van der Waals surface area contributed by atoms with Gasteiger partial charge in [-0.1, -0.05) is 12.1 Å². The first kappa shape index (κ1) is 21.9. The van der Waals surface area contributed by atoms with Crippen molar-refractivity contribution < 1.29 is 14.6 Å². The quantitative estimate of drug-likeness (QED) is 0.430. The highest BCUT2D eigenvalue weighted by Gasteiger charge is 2.20. The molecule has 0 aliphatic carbocycles. The minimum Gasteiger partial charge on any atom is -0.481 e. The van der Waals surface area contributed by atoms with Gasteiger partial charge in [-0.05, 0) is 66.6 Å². The summed E-state index contributed by atoms with van der Waals surface area (Å²) >= 11 is 0. The molecule has 1 aromatic carbocycles. The van der Waals surface area contributed by atoms with Gasteiger partial charge in [0.1, 0.15) is 5.82 Å². The van der Waals surface area contributed by atoms with Crippen LogP contribution in [0.15, 0.2) is 48.8 Å². The van der Waals surface area contributed by atoms with Gasteiger partial charge < -0.3 is 15.2 Å². The van der Waals surface area contributed by atoms with Crippen LogP contribution in [0.25, 0.3) is 10.9 Å². The molecule has 1 aliphatic heterocycles. The number of anilines is 1. The molecule has 4 aromatic rings. The average molecular weight is 458 g/mol. The number of aromatic nitrogens is 4. The van der Waals surface area contributed by atoms with E-state index in [0.29, 0.717) is 5.88 Å². The van der Waals surface area contributed by atoms with Crippen molar-refractivity contribution in [2.45, 2.75) is 38.6 Å². The second kappa shape index (κ2) is 9.13. The minimum atomic E-state index is -0.897. The number of aryl methyl sites for hydroxylation is 2. The number of fused-ring (bicyclic) bond motifs is 2. The molecule has 34 heavy (non-hydrogen) atoms. The molecule has 8 heteroatoms. The molecular formula is C26H27N5O3. The van der Waals surface area contributed by atoms with Gasteiger partial charge in [-0.25, -0.2) is 9.97 Å². The number of nitrogens with one attached hydrogen (secondary N) is 1. The third-order valence-corrected chi connectivity index (χ3v) is 6.34. The third kappa shape index (κ3) is 4.44. The highest BCUT2D eigenvalue weighted by Crippen LogP contribution is 2.27. The summed E-state index contributed by atoms with van der Waals surface area (Å²) in [5.41, 5.74) is 6.27. The molecule has 0 saturated carbocycles. The van der Waals surface area contributed by atoms with Crippen molar-refractivity contribution in [3.8, 4) is 5.88 Å².